The van der Waals surface area contributed by atoms with Crippen LogP contribution in [0.25, 0.3) is 33.0 Å². The molecule has 0 saturated carbocycles. The summed E-state index contributed by atoms with van der Waals surface area (Å²) >= 11 is -0.826. The van der Waals surface area contributed by atoms with Crippen LogP contribution in [0.5, 0.6) is 0 Å². The average molecular weight is 739 g/mol. The van der Waals surface area contributed by atoms with Crippen LogP contribution in [0.4, 0.5) is 26.3 Å². The van der Waals surface area contributed by atoms with Crippen LogP contribution in [0.3, 0.4) is 0 Å². The monoisotopic (exact) mass is 736 g/mol. The van der Waals surface area contributed by atoms with Crippen LogP contribution >= 0.6 is 17.0 Å². The van der Waals surface area contributed by atoms with Gasteiger partial charge >= 0.3 is 50.2 Å². The van der Waals surface area contributed by atoms with E-state index in [-0.39, 0.29) is 11.6 Å². The first-order valence-electron chi connectivity index (χ1n) is 13.5. The van der Waals surface area contributed by atoms with Crippen molar-refractivity contribution in [2.24, 2.45) is 5.92 Å². The molecule has 226 valence electrons. The summed E-state index contributed by atoms with van der Waals surface area (Å²) in [6.45, 7) is 5.79. The number of aryl methyl sites for hydroxylation is 1. The van der Waals surface area contributed by atoms with E-state index in [0.717, 1.165) is 39.0 Å². The normalized spacial score (nSPS) is 12.1. The molecular weight excluding hydrogens is 713 g/mol. The number of rotatable bonds is 3. The summed E-state index contributed by atoms with van der Waals surface area (Å²) < 4.78 is 79.5. The van der Waals surface area contributed by atoms with Crippen LogP contribution in [0.15, 0.2) is 84.9 Å². The fraction of sp³-hybridized carbons (Fsp3) is 0.206. The molecule has 0 aliphatic carbocycles. The molecule has 44 heavy (non-hydrogen) atoms. The van der Waals surface area contributed by atoms with Gasteiger partial charge in [-0.3, -0.25) is 0 Å². The second-order valence-electron chi connectivity index (χ2n) is 10.7. The molecule has 1 heterocycles. The molecule has 1 aliphatic rings. The van der Waals surface area contributed by atoms with E-state index in [9.17, 15) is 26.3 Å². The van der Waals surface area contributed by atoms with Crippen molar-refractivity contribution in [2.45, 2.75) is 39.5 Å². The van der Waals surface area contributed by atoms with Crippen molar-refractivity contribution in [2.75, 3.05) is 0 Å². The summed E-state index contributed by atoms with van der Waals surface area (Å²) in [6.07, 6.45) is -8.96. The Kier molecular flexibility index (Phi) is 11.4. The maximum Gasteiger partial charge on any atom is 0.0920 e. The molecular formula is C34H26Cl2F6SiZr. The van der Waals surface area contributed by atoms with Crippen LogP contribution in [0.2, 0.25) is 0 Å². The van der Waals surface area contributed by atoms with Gasteiger partial charge in [0.1, 0.15) is 0 Å². The fourth-order valence-electron chi connectivity index (χ4n) is 5.25. The van der Waals surface area contributed by atoms with Gasteiger partial charge in [-0.05, 0) is 43.0 Å². The molecule has 5 aromatic rings. The van der Waals surface area contributed by atoms with Crippen molar-refractivity contribution in [3.8, 4) is 22.3 Å². The van der Waals surface area contributed by atoms with Crippen molar-refractivity contribution < 1.29 is 47.2 Å². The van der Waals surface area contributed by atoms with Crippen molar-refractivity contribution in [3.63, 3.8) is 0 Å². The van der Waals surface area contributed by atoms with E-state index in [1.807, 2.05) is 38.1 Å². The molecule has 0 amide bonds. The van der Waals surface area contributed by atoms with Crippen LogP contribution in [0, 0.1) is 18.9 Å². The summed E-state index contributed by atoms with van der Waals surface area (Å²) in [7, 11) is 10.7. The molecule has 0 nitrogen and oxygen atoms in total. The number of hydrogen-bond donors (Lipinski definition) is 0. The third-order valence-electron chi connectivity index (χ3n) is 7.01. The van der Waals surface area contributed by atoms with Crippen LogP contribution in [0.1, 0.15) is 36.1 Å². The number of benzene rings is 4. The minimum absolute atomic E-state index is 0.0769. The Bertz CT molecular complexity index is 1660. The standard InChI is InChI=1S/C22H19F6.C12H7Si.2ClH.Zr/c1-12(2)6-14-7-15-5-4-13(3)20(19(15)8-14)16-9-17(21(23,24)25)11-18(10-16)22(26,27)28;1-3-7-11-9(5-1)10-6-2-4-8-12(10)13-11;;;/h4-5,7-12H,6H2,1-3H3;1-7H;2*1H;/q2*-1;;;+4/p-2. The molecule has 6 rings (SSSR count). The van der Waals surface area contributed by atoms with Crippen molar-refractivity contribution in [1.82, 2.24) is 0 Å². The van der Waals surface area contributed by atoms with Crippen molar-refractivity contribution in [3.05, 3.63) is 113 Å². The molecule has 10 heteroatoms. The van der Waals surface area contributed by atoms with Gasteiger partial charge in [-0.15, -0.1) is 40.1 Å². The Morgan fingerprint density at radius 1 is 0.841 bits per heavy atom. The minimum atomic E-state index is -4.87. The predicted molar refractivity (Wildman–Crippen MR) is 166 cm³/mol. The molecule has 0 N–H and O–H groups in total. The van der Waals surface area contributed by atoms with Crippen LogP contribution in [-0.4, -0.2) is 9.52 Å². The van der Waals surface area contributed by atoms with E-state index in [4.69, 9.17) is 17.0 Å². The van der Waals surface area contributed by atoms with Gasteiger partial charge in [0.2, 0.25) is 0 Å². The van der Waals surface area contributed by atoms with E-state index in [2.05, 4.69) is 42.5 Å². The van der Waals surface area contributed by atoms with Crippen molar-refractivity contribution in [1.29, 1.82) is 0 Å². The first kappa shape index (κ1) is 34.6. The largest absolute Gasteiger partial charge is 0.184 e. The van der Waals surface area contributed by atoms with Gasteiger partial charge in [-0.25, -0.2) is 0 Å². The Morgan fingerprint density at radius 2 is 1.45 bits per heavy atom. The number of alkyl halides is 6. The van der Waals surface area contributed by atoms with Gasteiger partial charge in [0.05, 0.1) is 20.6 Å². The van der Waals surface area contributed by atoms with E-state index in [1.54, 1.807) is 13.0 Å². The zero-order chi connectivity index (χ0) is 32.2. The summed E-state index contributed by atoms with van der Waals surface area (Å²) in [6, 6.07) is 27.3. The second-order valence-corrected chi connectivity index (χ2v) is 15.7. The van der Waals surface area contributed by atoms with Crippen LogP contribution < -0.4 is 10.4 Å². The Morgan fingerprint density at radius 3 is 2.07 bits per heavy atom. The van der Waals surface area contributed by atoms with Gasteiger partial charge < -0.3 is 0 Å². The molecule has 0 unspecified atom stereocenters. The molecule has 0 saturated heterocycles. The van der Waals surface area contributed by atoms with E-state index in [0.29, 0.717) is 22.4 Å². The fourth-order valence-corrected chi connectivity index (χ4v) is 6.56. The zero-order valence-corrected chi connectivity index (χ0v) is 28.9. The third-order valence-corrected chi connectivity index (χ3v) is 8.38. The van der Waals surface area contributed by atoms with E-state index < -0.39 is 44.3 Å². The van der Waals surface area contributed by atoms with Gasteiger partial charge in [0.15, 0.2) is 0 Å². The minimum Gasteiger partial charge on any atom is -0.184 e. The number of halogens is 8. The SMILES string of the molecule is Cc1ccc2[cH-]c(CC(C)C)cc2c1-c1cc(C(F)(F)F)cc(C(F)(F)F)c1.[Cl][Zr+2][Cl].[c-]1cccc2c1[Si]c1ccccc1-2. The quantitative estimate of drug-likeness (QED) is 0.0964. The Hall–Kier alpha value is -2.25. The van der Waals surface area contributed by atoms with Gasteiger partial charge in [-0.1, -0.05) is 60.0 Å². The predicted octanol–water partition coefficient (Wildman–Crippen LogP) is 10.3. The topological polar surface area (TPSA) is 0 Å². The molecule has 2 radical (unpaired) electrons. The molecule has 0 aromatic heterocycles. The smallest absolute Gasteiger partial charge is 0.0920 e. The van der Waals surface area contributed by atoms with Gasteiger partial charge in [0, 0.05) is 0 Å². The summed E-state index contributed by atoms with van der Waals surface area (Å²) in [5.74, 6) is 0.381. The Labute approximate surface area is 274 Å². The number of fused-ring (bicyclic) bond motifs is 4. The molecule has 5 aromatic carbocycles. The van der Waals surface area contributed by atoms with Gasteiger partial charge in [-0.2, -0.15) is 61.9 Å². The maximum absolute atomic E-state index is 13.2. The summed E-state index contributed by atoms with van der Waals surface area (Å²) in [5, 5.41) is 4.30. The molecule has 1 aliphatic heterocycles. The van der Waals surface area contributed by atoms with E-state index in [1.165, 1.54) is 21.5 Å². The van der Waals surface area contributed by atoms with Gasteiger partial charge in [0.25, 0.3) is 0 Å². The average Bonchev–Trinajstić information content (AvgIpc) is 3.53. The molecule has 0 bridgehead atoms. The zero-order valence-electron chi connectivity index (χ0n) is 23.9. The first-order chi connectivity index (χ1) is 20.7. The molecule has 0 fully saturated rings. The summed E-state index contributed by atoms with van der Waals surface area (Å²) in [5.41, 5.74) is 2.13. The number of hydrogen-bond acceptors (Lipinski definition) is 0. The molecule has 0 atom stereocenters. The third kappa shape index (κ3) is 8.31. The van der Waals surface area contributed by atoms with Crippen molar-refractivity contribution >= 4 is 47.7 Å². The second kappa shape index (κ2) is 14.5. The van der Waals surface area contributed by atoms with Crippen LogP contribution in [-0.2, 0) is 39.6 Å². The summed E-state index contributed by atoms with van der Waals surface area (Å²) in [4.78, 5) is 0. The van der Waals surface area contributed by atoms with E-state index >= 15 is 0 Å². The molecule has 0 spiro atoms. The Balaban J connectivity index is 0.000000226. The first-order valence-corrected chi connectivity index (χ1v) is 20.9. The maximum atomic E-state index is 13.2.